The molecule has 5 nitrogen and oxygen atoms in total. The molecule has 0 aromatic carbocycles. The number of ether oxygens (including phenoxy) is 1. The third-order valence-electron chi connectivity index (χ3n) is 4.91. The molecule has 0 aromatic rings. The van der Waals surface area contributed by atoms with Crippen LogP contribution in [0.25, 0.3) is 0 Å². The number of methoxy groups -OCH3 is 1. The monoisotopic (exact) mass is 308 g/mol. The van der Waals surface area contributed by atoms with E-state index in [1.165, 1.54) is 7.11 Å². The number of carbonyl (C=O) groups is 2. The number of carbonyl (C=O) groups excluding carboxylic acids is 2. The maximum absolute atomic E-state index is 12.9. The summed E-state index contributed by atoms with van der Waals surface area (Å²) in [5, 5.41) is 6.35. The van der Waals surface area contributed by atoms with E-state index in [2.05, 4.69) is 5.10 Å². The number of hydrogen-bond donors (Lipinski definition) is 0. The van der Waals surface area contributed by atoms with Crippen LogP contribution in [0.2, 0.25) is 0 Å². The summed E-state index contributed by atoms with van der Waals surface area (Å²) in [7, 11) is 5.25. The molecule has 0 N–H and O–H groups in total. The highest BCUT2D eigenvalue weighted by Gasteiger charge is 2.36. The van der Waals surface area contributed by atoms with Gasteiger partial charge < -0.3 is 9.75 Å². The first kappa shape index (κ1) is 17.0. The molecular weight excluding hydrogens is 280 g/mol. The van der Waals surface area contributed by atoms with Crippen LogP contribution in [-0.4, -0.2) is 43.7 Å². The van der Waals surface area contributed by atoms with Crippen molar-refractivity contribution in [1.29, 1.82) is 0 Å². The quantitative estimate of drug-likeness (QED) is 0.592. The van der Waals surface area contributed by atoms with Crippen molar-refractivity contribution in [2.75, 3.05) is 21.2 Å². The second-order valence-electron chi connectivity index (χ2n) is 6.71. The molecule has 0 spiro atoms. The minimum absolute atomic E-state index is 0.00386. The zero-order valence-electron chi connectivity index (χ0n) is 14.0. The van der Waals surface area contributed by atoms with E-state index in [9.17, 15) is 9.59 Å². The summed E-state index contributed by atoms with van der Waals surface area (Å²) in [5.41, 5.74) is 1.05. The topological polar surface area (TPSA) is 59.0 Å². The first-order valence-electron chi connectivity index (χ1n) is 8.39. The van der Waals surface area contributed by atoms with Gasteiger partial charge in [-0.25, -0.2) is 0 Å². The van der Waals surface area contributed by atoms with Gasteiger partial charge in [0.15, 0.2) is 0 Å². The van der Waals surface area contributed by atoms with Crippen molar-refractivity contribution < 1.29 is 14.3 Å². The van der Waals surface area contributed by atoms with E-state index in [-0.39, 0.29) is 23.7 Å². The van der Waals surface area contributed by atoms with E-state index < -0.39 is 0 Å². The van der Waals surface area contributed by atoms with Crippen molar-refractivity contribution in [1.82, 2.24) is 5.01 Å². The van der Waals surface area contributed by atoms with Crippen LogP contribution in [0.5, 0.6) is 0 Å². The van der Waals surface area contributed by atoms with Gasteiger partial charge >= 0.3 is 5.97 Å². The average Bonchev–Trinajstić information content (AvgIpc) is 2.53. The maximum Gasteiger partial charge on any atom is 0.308 e. The number of rotatable bonds is 4. The van der Waals surface area contributed by atoms with Crippen molar-refractivity contribution in [2.45, 2.75) is 51.4 Å². The summed E-state index contributed by atoms with van der Waals surface area (Å²) >= 11 is 0. The molecule has 0 bridgehead atoms. The third kappa shape index (κ3) is 4.08. The molecule has 1 unspecified atom stereocenters. The first-order valence-corrected chi connectivity index (χ1v) is 8.39. The Hall–Kier alpha value is -1.39. The van der Waals surface area contributed by atoms with Crippen LogP contribution >= 0.6 is 0 Å². The van der Waals surface area contributed by atoms with Gasteiger partial charge in [-0.3, -0.25) is 9.59 Å². The summed E-state index contributed by atoms with van der Waals surface area (Å²) in [6.07, 6.45) is 7.28. The predicted octanol–water partition coefficient (Wildman–Crippen LogP) is 2.64. The van der Waals surface area contributed by atoms with Gasteiger partial charge in [-0.2, -0.15) is 5.10 Å². The molecule has 0 amide bonds. The number of esters is 1. The molecule has 5 heteroatoms. The lowest BCUT2D eigenvalue weighted by molar-refractivity contribution is -0.147. The van der Waals surface area contributed by atoms with Gasteiger partial charge in [0.2, 0.25) is 0 Å². The molecule has 2 saturated carbocycles. The summed E-state index contributed by atoms with van der Waals surface area (Å²) in [6.45, 7) is 0. The van der Waals surface area contributed by atoms with Crippen LogP contribution in [0, 0.1) is 17.8 Å². The molecule has 0 radical (unpaired) electrons. The fourth-order valence-corrected chi connectivity index (χ4v) is 3.74. The van der Waals surface area contributed by atoms with Crippen molar-refractivity contribution >= 4 is 17.5 Å². The highest BCUT2D eigenvalue weighted by atomic mass is 16.5. The van der Waals surface area contributed by atoms with Crippen molar-refractivity contribution in [2.24, 2.45) is 22.9 Å². The number of hydrogen-bond acceptors (Lipinski definition) is 5. The Morgan fingerprint density at radius 3 is 2.27 bits per heavy atom. The summed E-state index contributed by atoms with van der Waals surface area (Å²) in [6, 6.07) is 0. The zero-order chi connectivity index (χ0) is 16.1. The SMILES string of the molecule is COC(=O)[C@H]1CC[C@H](C(=O)C2CCCC/C2=N\N(C)C)CC1. The van der Waals surface area contributed by atoms with Crippen LogP contribution in [-0.2, 0) is 14.3 Å². The zero-order valence-corrected chi connectivity index (χ0v) is 14.0. The lowest BCUT2D eigenvalue weighted by atomic mass is 9.73. The second kappa shape index (κ2) is 7.75. The lowest BCUT2D eigenvalue weighted by Crippen LogP contribution is -2.36. The maximum atomic E-state index is 12.9. The van der Waals surface area contributed by atoms with Gasteiger partial charge in [-0.1, -0.05) is 6.42 Å². The van der Waals surface area contributed by atoms with Crippen LogP contribution in [0.15, 0.2) is 5.10 Å². The van der Waals surface area contributed by atoms with E-state index >= 15 is 0 Å². The molecule has 0 saturated heterocycles. The smallest absolute Gasteiger partial charge is 0.308 e. The van der Waals surface area contributed by atoms with Crippen LogP contribution in [0.1, 0.15) is 51.4 Å². The molecule has 124 valence electrons. The number of ketones is 1. The molecule has 2 rings (SSSR count). The minimum atomic E-state index is -0.126. The molecule has 0 aromatic heterocycles. The Morgan fingerprint density at radius 1 is 1.05 bits per heavy atom. The first-order chi connectivity index (χ1) is 10.5. The molecule has 2 aliphatic carbocycles. The highest BCUT2D eigenvalue weighted by Crippen LogP contribution is 2.34. The number of nitrogens with zero attached hydrogens (tertiary/aromatic N) is 2. The van der Waals surface area contributed by atoms with Crippen LogP contribution in [0.3, 0.4) is 0 Å². The van der Waals surface area contributed by atoms with Crippen molar-refractivity contribution in [3.8, 4) is 0 Å². The molecule has 2 aliphatic rings. The van der Waals surface area contributed by atoms with Crippen molar-refractivity contribution in [3.63, 3.8) is 0 Å². The molecule has 0 heterocycles. The van der Waals surface area contributed by atoms with Gasteiger partial charge in [-0.05, 0) is 44.9 Å². The van der Waals surface area contributed by atoms with E-state index in [4.69, 9.17) is 4.74 Å². The summed E-state index contributed by atoms with van der Waals surface area (Å²) < 4.78 is 4.81. The van der Waals surface area contributed by atoms with E-state index in [0.29, 0.717) is 5.78 Å². The molecule has 22 heavy (non-hydrogen) atoms. The highest BCUT2D eigenvalue weighted by molar-refractivity contribution is 6.06. The molecule has 2 fully saturated rings. The lowest BCUT2D eigenvalue weighted by Gasteiger charge is -2.31. The number of Topliss-reactive ketones (excluding diaryl/α,β-unsaturated/α-hetero) is 1. The predicted molar refractivity (Wildman–Crippen MR) is 85.6 cm³/mol. The van der Waals surface area contributed by atoms with Gasteiger partial charge in [-0.15, -0.1) is 0 Å². The van der Waals surface area contributed by atoms with Gasteiger partial charge in [0.25, 0.3) is 0 Å². The van der Waals surface area contributed by atoms with Crippen LogP contribution < -0.4 is 0 Å². The van der Waals surface area contributed by atoms with Gasteiger partial charge in [0, 0.05) is 25.7 Å². The molecule has 1 atom stereocenters. The Balaban J connectivity index is 1.97. The average molecular weight is 308 g/mol. The normalized spacial score (nSPS) is 30.9. The Labute approximate surface area is 133 Å². The minimum Gasteiger partial charge on any atom is -0.469 e. The summed E-state index contributed by atoms with van der Waals surface area (Å²) in [4.78, 5) is 24.5. The standard InChI is InChI=1S/C17H28N2O3/c1-19(2)18-15-7-5-4-6-14(15)16(20)12-8-10-13(11-9-12)17(21)22-3/h12-14H,4-11H2,1-3H3/b18-15+/t12-,13-,14?. The van der Waals surface area contributed by atoms with Crippen LogP contribution in [0.4, 0.5) is 0 Å². The van der Waals surface area contributed by atoms with Gasteiger partial charge in [0.1, 0.15) is 5.78 Å². The van der Waals surface area contributed by atoms with E-state index in [1.807, 2.05) is 14.1 Å². The third-order valence-corrected chi connectivity index (χ3v) is 4.91. The van der Waals surface area contributed by atoms with Gasteiger partial charge in [0.05, 0.1) is 18.9 Å². The fourth-order valence-electron chi connectivity index (χ4n) is 3.74. The summed E-state index contributed by atoms with van der Waals surface area (Å²) in [5.74, 6) is 0.296. The fraction of sp³-hybridized carbons (Fsp3) is 0.824. The Bertz CT molecular complexity index is 437. The Kier molecular flexibility index (Phi) is 5.98. The number of hydrazone groups is 1. The molecule has 0 aliphatic heterocycles. The van der Waals surface area contributed by atoms with E-state index in [1.54, 1.807) is 5.01 Å². The van der Waals surface area contributed by atoms with Crippen molar-refractivity contribution in [3.05, 3.63) is 0 Å². The van der Waals surface area contributed by atoms with E-state index in [0.717, 1.165) is 57.1 Å². The largest absolute Gasteiger partial charge is 0.469 e. The molecular formula is C17H28N2O3. The Morgan fingerprint density at radius 2 is 1.68 bits per heavy atom. The second-order valence-corrected chi connectivity index (χ2v) is 6.71.